The maximum Gasteiger partial charge on any atom is 0.256 e. The molecule has 5 rings (SSSR count). The van der Waals surface area contributed by atoms with E-state index >= 15 is 0 Å². The van der Waals surface area contributed by atoms with Crippen molar-refractivity contribution in [2.45, 2.75) is 6.42 Å². The van der Waals surface area contributed by atoms with Gasteiger partial charge in [0.25, 0.3) is 5.91 Å². The monoisotopic (exact) mass is 391 g/mol. The molecule has 0 aliphatic carbocycles. The Morgan fingerprint density at radius 2 is 1.93 bits per heavy atom. The lowest BCUT2D eigenvalue weighted by Gasteiger charge is -2.10. The van der Waals surface area contributed by atoms with Gasteiger partial charge in [0.15, 0.2) is 4.47 Å². The first-order valence-corrected chi connectivity index (χ1v) is 9.71. The first-order chi connectivity index (χ1) is 13.2. The SMILES string of the molecule is O=C1Nc2ccccc2C1=C(Cc1cnc(Cl)s1)c1c[nH]c2ccccc12. The number of rotatable bonds is 3. The number of carbonyl (C=O) groups is 1. The lowest BCUT2D eigenvalue weighted by Crippen LogP contribution is -2.06. The Kier molecular flexibility index (Phi) is 3.85. The van der Waals surface area contributed by atoms with Gasteiger partial charge in [0.05, 0.1) is 5.57 Å². The topological polar surface area (TPSA) is 57.8 Å². The normalized spacial score (nSPS) is 15.1. The van der Waals surface area contributed by atoms with E-state index < -0.39 is 0 Å². The lowest BCUT2D eigenvalue weighted by molar-refractivity contribution is -0.110. The van der Waals surface area contributed by atoms with Crippen LogP contribution in [-0.4, -0.2) is 15.9 Å². The Hall–Kier alpha value is -2.89. The van der Waals surface area contributed by atoms with E-state index in [0.29, 0.717) is 16.5 Å². The number of nitrogens with zero attached hydrogens (tertiary/aromatic N) is 1. The standard InChI is InChI=1S/C21H14ClN3OS/c22-21-24-10-12(27-21)9-15(16-11-23-17-7-3-1-5-13(16)17)19-14-6-2-4-8-18(14)25-20(19)26/h1-8,10-11,23H,9H2,(H,25,26). The van der Waals surface area contributed by atoms with Gasteiger partial charge < -0.3 is 10.3 Å². The Labute approximate surface area is 164 Å². The highest BCUT2D eigenvalue weighted by Crippen LogP contribution is 2.40. The zero-order chi connectivity index (χ0) is 18.4. The van der Waals surface area contributed by atoms with Crippen LogP contribution in [0.3, 0.4) is 0 Å². The number of halogens is 1. The van der Waals surface area contributed by atoms with E-state index in [4.69, 9.17) is 11.6 Å². The molecular weight excluding hydrogens is 378 g/mol. The summed E-state index contributed by atoms with van der Waals surface area (Å²) < 4.78 is 0.504. The third-order valence-electron chi connectivity index (χ3n) is 4.76. The van der Waals surface area contributed by atoms with Crippen LogP contribution in [0.15, 0.2) is 60.9 Å². The number of fused-ring (bicyclic) bond motifs is 2. The summed E-state index contributed by atoms with van der Waals surface area (Å²) in [6.45, 7) is 0. The van der Waals surface area contributed by atoms with Crippen LogP contribution in [-0.2, 0) is 11.2 Å². The molecule has 0 atom stereocenters. The minimum absolute atomic E-state index is 0.0768. The smallest absolute Gasteiger partial charge is 0.256 e. The molecule has 3 heterocycles. The van der Waals surface area contributed by atoms with Crippen LogP contribution in [0, 0.1) is 0 Å². The summed E-state index contributed by atoms with van der Waals surface area (Å²) in [7, 11) is 0. The Balaban J connectivity index is 1.78. The second kappa shape index (κ2) is 6.37. The van der Waals surface area contributed by atoms with Crippen LogP contribution < -0.4 is 5.32 Å². The van der Waals surface area contributed by atoms with Gasteiger partial charge in [-0.1, -0.05) is 48.0 Å². The average molecular weight is 392 g/mol. The van der Waals surface area contributed by atoms with Gasteiger partial charge in [0.1, 0.15) is 0 Å². The Morgan fingerprint density at radius 3 is 2.78 bits per heavy atom. The molecule has 132 valence electrons. The van der Waals surface area contributed by atoms with Crippen LogP contribution in [0.1, 0.15) is 16.0 Å². The minimum atomic E-state index is -0.0768. The number of hydrogen-bond donors (Lipinski definition) is 2. The molecule has 1 aliphatic heterocycles. The van der Waals surface area contributed by atoms with Crippen LogP contribution in [0.25, 0.3) is 22.0 Å². The van der Waals surface area contributed by atoms with E-state index in [1.165, 1.54) is 11.3 Å². The van der Waals surface area contributed by atoms with Gasteiger partial charge >= 0.3 is 0 Å². The van der Waals surface area contributed by atoms with Gasteiger partial charge in [-0.05, 0) is 17.7 Å². The number of thiazole rings is 1. The summed E-state index contributed by atoms with van der Waals surface area (Å²) >= 11 is 7.48. The number of nitrogens with one attached hydrogen (secondary N) is 2. The number of H-pyrrole nitrogens is 1. The molecule has 6 heteroatoms. The van der Waals surface area contributed by atoms with Crippen LogP contribution in [0.2, 0.25) is 4.47 Å². The molecule has 0 bridgehead atoms. The van der Waals surface area contributed by atoms with Crippen LogP contribution in [0.5, 0.6) is 0 Å². The van der Waals surface area contributed by atoms with Gasteiger partial charge in [-0.3, -0.25) is 4.79 Å². The maximum absolute atomic E-state index is 12.9. The molecule has 2 aromatic carbocycles. The zero-order valence-electron chi connectivity index (χ0n) is 14.1. The summed E-state index contributed by atoms with van der Waals surface area (Å²) in [4.78, 5) is 21.4. The van der Waals surface area contributed by atoms with Gasteiger partial charge in [0, 0.05) is 51.4 Å². The number of carbonyl (C=O) groups excluding carboxylic acids is 1. The number of para-hydroxylation sites is 2. The molecule has 4 aromatic rings. The highest BCUT2D eigenvalue weighted by molar-refractivity contribution is 7.15. The van der Waals surface area contributed by atoms with E-state index in [1.54, 1.807) is 6.20 Å². The van der Waals surface area contributed by atoms with Crippen molar-refractivity contribution in [2.24, 2.45) is 0 Å². The molecule has 0 saturated heterocycles. The number of amides is 1. The second-order valence-corrected chi connectivity index (χ2v) is 8.05. The summed E-state index contributed by atoms with van der Waals surface area (Å²) in [5.41, 5.74) is 5.52. The van der Waals surface area contributed by atoms with E-state index in [1.807, 2.05) is 48.7 Å². The fourth-order valence-corrected chi connectivity index (χ4v) is 4.59. The van der Waals surface area contributed by atoms with E-state index in [2.05, 4.69) is 21.4 Å². The average Bonchev–Trinajstić information content (AvgIpc) is 3.36. The predicted molar refractivity (Wildman–Crippen MR) is 111 cm³/mol. The molecule has 0 spiro atoms. The number of aromatic nitrogens is 2. The largest absolute Gasteiger partial charge is 0.361 e. The summed E-state index contributed by atoms with van der Waals surface area (Å²) in [5.74, 6) is -0.0768. The molecule has 2 aromatic heterocycles. The Morgan fingerprint density at radius 1 is 1.11 bits per heavy atom. The van der Waals surface area contributed by atoms with Crippen LogP contribution in [0.4, 0.5) is 5.69 Å². The number of benzene rings is 2. The number of allylic oxidation sites excluding steroid dienone is 1. The lowest BCUT2D eigenvalue weighted by atomic mass is 9.92. The van der Waals surface area contributed by atoms with Crippen molar-refractivity contribution in [3.05, 3.63) is 81.4 Å². The molecule has 0 radical (unpaired) electrons. The first-order valence-electron chi connectivity index (χ1n) is 8.51. The van der Waals surface area contributed by atoms with E-state index in [0.717, 1.165) is 38.2 Å². The molecular formula is C21H14ClN3OS. The first kappa shape index (κ1) is 16.3. The highest BCUT2D eigenvalue weighted by atomic mass is 35.5. The van der Waals surface area contributed by atoms with E-state index in [-0.39, 0.29) is 5.91 Å². The van der Waals surface area contributed by atoms with Gasteiger partial charge in [0.2, 0.25) is 0 Å². The molecule has 0 fully saturated rings. The fraction of sp³-hybridized carbons (Fsp3) is 0.0476. The molecule has 0 saturated carbocycles. The summed E-state index contributed by atoms with van der Waals surface area (Å²) in [5, 5.41) is 4.07. The number of aromatic amines is 1. The van der Waals surface area contributed by atoms with Gasteiger partial charge in [-0.15, -0.1) is 11.3 Å². The molecule has 0 unspecified atom stereocenters. The van der Waals surface area contributed by atoms with Crippen molar-refractivity contribution in [3.63, 3.8) is 0 Å². The molecule has 27 heavy (non-hydrogen) atoms. The molecule has 1 amide bonds. The van der Waals surface area contributed by atoms with Gasteiger partial charge in [-0.2, -0.15) is 0 Å². The van der Waals surface area contributed by atoms with Gasteiger partial charge in [-0.25, -0.2) is 4.98 Å². The Bertz CT molecular complexity index is 1220. The van der Waals surface area contributed by atoms with Crippen molar-refractivity contribution in [2.75, 3.05) is 5.32 Å². The maximum atomic E-state index is 12.9. The third kappa shape index (κ3) is 2.76. The van der Waals surface area contributed by atoms with Crippen molar-refractivity contribution in [1.29, 1.82) is 0 Å². The molecule has 1 aliphatic rings. The summed E-state index contributed by atoms with van der Waals surface area (Å²) in [6, 6.07) is 15.9. The molecule has 4 nitrogen and oxygen atoms in total. The predicted octanol–water partition coefficient (Wildman–Crippen LogP) is 5.38. The quantitative estimate of drug-likeness (QED) is 0.460. The van der Waals surface area contributed by atoms with Crippen molar-refractivity contribution in [3.8, 4) is 0 Å². The van der Waals surface area contributed by atoms with Crippen molar-refractivity contribution < 1.29 is 4.79 Å². The fourth-order valence-electron chi connectivity index (χ4n) is 3.60. The van der Waals surface area contributed by atoms with Crippen molar-refractivity contribution in [1.82, 2.24) is 9.97 Å². The number of hydrogen-bond acceptors (Lipinski definition) is 3. The van der Waals surface area contributed by atoms with E-state index in [9.17, 15) is 4.79 Å². The number of anilines is 1. The second-order valence-electron chi connectivity index (χ2n) is 6.36. The zero-order valence-corrected chi connectivity index (χ0v) is 15.7. The minimum Gasteiger partial charge on any atom is -0.361 e. The van der Waals surface area contributed by atoms with Crippen molar-refractivity contribution >= 4 is 56.6 Å². The highest BCUT2D eigenvalue weighted by Gasteiger charge is 2.28. The molecule has 2 N–H and O–H groups in total. The summed E-state index contributed by atoms with van der Waals surface area (Å²) in [6.07, 6.45) is 4.34. The van der Waals surface area contributed by atoms with Crippen LogP contribution >= 0.6 is 22.9 Å². The third-order valence-corrected chi connectivity index (χ3v) is 5.88.